The summed E-state index contributed by atoms with van der Waals surface area (Å²) in [7, 11) is -3.91. The van der Waals surface area contributed by atoms with Crippen LogP contribution >= 0.6 is 0 Å². The molecule has 142 valence electrons. The molecule has 0 radical (unpaired) electrons. The number of aliphatic carboxylic acids is 1. The second-order valence-electron chi connectivity index (χ2n) is 6.02. The van der Waals surface area contributed by atoms with Crippen molar-refractivity contribution < 1.29 is 27.9 Å². The van der Waals surface area contributed by atoms with Gasteiger partial charge in [0.15, 0.2) is 5.78 Å². The van der Waals surface area contributed by atoms with Gasteiger partial charge in [-0.3, -0.25) is 14.3 Å². The largest absolute Gasteiger partial charge is 0.475 e. The first-order valence-electron chi connectivity index (χ1n) is 8.17. The van der Waals surface area contributed by atoms with Crippen LogP contribution in [0, 0.1) is 0 Å². The van der Waals surface area contributed by atoms with E-state index in [0.29, 0.717) is 0 Å². The number of hydrogen-bond acceptors (Lipinski definition) is 5. The number of ketones is 2. The monoisotopic (exact) mass is 397 g/mol. The third kappa shape index (κ3) is 4.24. The molecular formula is C20H15NO6S. The van der Waals surface area contributed by atoms with Crippen molar-refractivity contribution in [3.05, 3.63) is 72.3 Å². The SMILES string of the molecule is O=C(O)C(=O)CC(=O)c1cccc(NS(=O)(=O)c2ccc3ccccc3c2)c1. The number of carboxylic acids is 1. The van der Waals surface area contributed by atoms with Gasteiger partial charge in [0.05, 0.1) is 11.3 Å². The molecule has 0 bridgehead atoms. The lowest BCUT2D eigenvalue weighted by molar-refractivity contribution is -0.148. The number of Topliss-reactive ketones (excluding diaryl/α,β-unsaturated/α-hetero) is 2. The van der Waals surface area contributed by atoms with Crippen molar-refractivity contribution in [2.24, 2.45) is 0 Å². The van der Waals surface area contributed by atoms with E-state index in [-0.39, 0.29) is 16.1 Å². The van der Waals surface area contributed by atoms with Crippen molar-refractivity contribution in [1.29, 1.82) is 0 Å². The molecule has 0 unspecified atom stereocenters. The van der Waals surface area contributed by atoms with Crippen molar-refractivity contribution in [2.75, 3.05) is 4.72 Å². The molecule has 2 N–H and O–H groups in total. The number of benzene rings is 3. The predicted octanol–water partition coefficient (Wildman–Crippen LogP) is 2.87. The first-order chi connectivity index (χ1) is 13.3. The number of fused-ring (bicyclic) bond motifs is 1. The molecule has 0 aliphatic heterocycles. The quantitative estimate of drug-likeness (QED) is 0.360. The summed E-state index contributed by atoms with van der Waals surface area (Å²) in [6, 6.07) is 17.6. The Hall–Kier alpha value is -3.52. The van der Waals surface area contributed by atoms with Gasteiger partial charge in [-0.1, -0.05) is 42.5 Å². The van der Waals surface area contributed by atoms with Crippen LogP contribution in [0.5, 0.6) is 0 Å². The van der Waals surface area contributed by atoms with Gasteiger partial charge in [0, 0.05) is 11.3 Å². The van der Waals surface area contributed by atoms with Crippen molar-refractivity contribution in [3.63, 3.8) is 0 Å². The number of anilines is 1. The zero-order valence-electron chi connectivity index (χ0n) is 14.5. The van der Waals surface area contributed by atoms with E-state index < -0.39 is 34.0 Å². The Balaban J connectivity index is 1.84. The Kier molecular flexibility index (Phi) is 5.23. The van der Waals surface area contributed by atoms with Gasteiger partial charge in [0.1, 0.15) is 0 Å². The number of nitrogens with one attached hydrogen (secondary N) is 1. The molecule has 3 aromatic carbocycles. The second-order valence-corrected chi connectivity index (χ2v) is 7.71. The summed E-state index contributed by atoms with van der Waals surface area (Å²) in [5, 5.41) is 10.3. The molecule has 0 aliphatic rings. The fourth-order valence-corrected chi connectivity index (χ4v) is 3.71. The highest BCUT2D eigenvalue weighted by atomic mass is 32.2. The molecule has 0 amide bonds. The topological polar surface area (TPSA) is 118 Å². The summed E-state index contributed by atoms with van der Waals surface area (Å²) in [6.45, 7) is 0. The highest BCUT2D eigenvalue weighted by Gasteiger charge is 2.19. The van der Waals surface area contributed by atoms with Gasteiger partial charge in [-0.25, -0.2) is 13.2 Å². The molecule has 0 saturated carbocycles. The molecule has 0 saturated heterocycles. The molecule has 0 aliphatic carbocycles. The Bertz CT molecular complexity index is 1200. The van der Waals surface area contributed by atoms with Gasteiger partial charge in [-0.2, -0.15) is 0 Å². The van der Waals surface area contributed by atoms with E-state index >= 15 is 0 Å². The van der Waals surface area contributed by atoms with E-state index in [1.165, 1.54) is 36.4 Å². The molecule has 28 heavy (non-hydrogen) atoms. The average molecular weight is 397 g/mol. The minimum atomic E-state index is -3.91. The first-order valence-corrected chi connectivity index (χ1v) is 9.65. The van der Waals surface area contributed by atoms with Crippen LogP contribution in [0.2, 0.25) is 0 Å². The molecule has 3 aromatic rings. The van der Waals surface area contributed by atoms with Crippen LogP contribution in [0.15, 0.2) is 71.6 Å². The van der Waals surface area contributed by atoms with Gasteiger partial charge in [-0.15, -0.1) is 0 Å². The average Bonchev–Trinajstić information content (AvgIpc) is 2.67. The van der Waals surface area contributed by atoms with Gasteiger partial charge >= 0.3 is 5.97 Å². The van der Waals surface area contributed by atoms with Crippen LogP contribution in [0.1, 0.15) is 16.8 Å². The summed E-state index contributed by atoms with van der Waals surface area (Å²) in [6.07, 6.45) is -0.795. The number of carbonyl (C=O) groups is 3. The van der Waals surface area contributed by atoms with Crippen LogP contribution in [0.4, 0.5) is 5.69 Å². The lowest BCUT2D eigenvalue weighted by Crippen LogP contribution is -2.17. The first kappa shape index (κ1) is 19.2. The van der Waals surface area contributed by atoms with Crippen molar-refractivity contribution in [2.45, 2.75) is 11.3 Å². The van der Waals surface area contributed by atoms with Crippen molar-refractivity contribution >= 4 is 44.0 Å². The highest BCUT2D eigenvalue weighted by molar-refractivity contribution is 7.92. The van der Waals surface area contributed by atoms with Crippen LogP contribution < -0.4 is 4.72 Å². The molecule has 7 nitrogen and oxygen atoms in total. The molecular weight excluding hydrogens is 382 g/mol. The smallest absolute Gasteiger partial charge is 0.372 e. The standard InChI is InChI=1S/C20H15NO6S/c22-18(12-19(23)20(24)25)15-6-3-7-16(10-15)21-28(26,27)17-9-8-13-4-1-2-5-14(13)11-17/h1-11,21H,12H2,(H,24,25). The third-order valence-corrected chi connectivity index (χ3v) is 5.41. The lowest BCUT2D eigenvalue weighted by atomic mass is 10.1. The van der Waals surface area contributed by atoms with Gasteiger partial charge < -0.3 is 5.11 Å². The maximum absolute atomic E-state index is 12.7. The fraction of sp³-hybridized carbons (Fsp3) is 0.0500. The van der Waals surface area contributed by atoms with Gasteiger partial charge in [0.25, 0.3) is 10.0 Å². The minimum Gasteiger partial charge on any atom is -0.475 e. The lowest BCUT2D eigenvalue weighted by Gasteiger charge is -2.10. The third-order valence-electron chi connectivity index (χ3n) is 4.03. The summed E-state index contributed by atoms with van der Waals surface area (Å²) in [5.74, 6) is -3.63. The molecule has 8 heteroatoms. The fourth-order valence-electron chi connectivity index (χ4n) is 2.63. The summed E-state index contributed by atoms with van der Waals surface area (Å²) < 4.78 is 27.7. The Morgan fingerprint density at radius 2 is 1.57 bits per heavy atom. The van der Waals surface area contributed by atoms with Crippen molar-refractivity contribution in [3.8, 4) is 0 Å². The molecule has 0 aromatic heterocycles. The number of carbonyl (C=O) groups excluding carboxylic acids is 2. The number of hydrogen-bond donors (Lipinski definition) is 2. The van der Waals surface area contributed by atoms with Crippen LogP contribution in [-0.4, -0.2) is 31.1 Å². The van der Waals surface area contributed by atoms with E-state index in [9.17, 15) is 22.8 Å². The highest BCUT2D eigenvalue weighted by Crippen LogP contribution is 2.22. The van der Waals surface area contributed by atoms with Gasteiger partial charge in [-0.05, 0) is 35.0 Å². The number of sulfonamides is 1. The minimum absolute atomic E-state index is 0.0355. The van der Waals surface area contributed by atoms with E-state index in [2.05, 4.69) is 4.72 Å². The maximum Gasteiger partial charge on any atom is 0.372 e. The van der Waals surface area contributed by atoms with E-state index in [4.69, 9.17) is 5.11 Å². The molecule has 0 spiro atoms. The Morgan fingerprint density at radius 3 is 2.29 bits per heavy atom. The Labute approximate surface area is 160 Å². The molecule has 0 fully saturated rings. The number of carboxylic acid groups (broad SMARTS) is 1. The van der Waals surface area contributed by atoms with Crippen molar-refractivity contribution in [1.82, 2.24) is 0 Å². The maximum atomic E-state index is 12.7. The van der Waals surface area contributed by atoms with E-state index in [0.717, 1.165) is 10.8 Å². The number of rotatable bonds is 7. The molecule has 0 heterocycles. The summed E-state index contributed by atoms with van der Waals surface area (Å²) >= 11 is 0. The second kappa shape index (κ2) is 7.61. The molecule has 3 rings (SSSR count). The summed E-state index contributed by atoms with van der Waals surface area (Å²) in [4.78, 5) is 33.9. The van der Waals surface area contributed by atoms with E-state index in [1.807, 2.05) is 12.1 Å². The van der Waals surface area contributed by atoms with Crippen LogP contribution in [0.3, 0.4) is 0 Å². The van der Waals surface area contributed by atoms with Crippen LogP contribution in [-0.2, 0) is 19.6 Å². The molecule has 0 atom stereocenters. The zero-order chi connectivity index (χ0) is 20.3. The Morgan fingerprint density at radius 1 is 0.857 bits per heavy atom. The van der Waals surface area contributed by atoms with E-state index in [1.54, 1.807) is 18.2 Å². The summed E-state index contributed by atoms with van der Waals surface area (Å²) in [5.41, 5.74) is 0.162. The van der Waals surface area contributed by atoms with Crippen LogP contribution in [0.25, 0.3) is 10.8 Å². The predicted molar refractivity (Wildman–Crippen MR) is 103 cm³/mol. The zero-order valence-corrected chi connectivity index (χ0v) is 15.3. The normalized spacial score (nSPS) is 11.1. The van der Waals surface area contributed by atoms with Gasteiger partial charge in [0.2, 0.25) is 5.78 Å².